The minimum atomic E-state index is -0.343. The Kier molecular flexibility index (Phi) is 4.46. The number of H-pyrrole nitrogens is 1. The Morgan fingerprint density at radius 1 is 1.29 bits per heavy atom. The fraction of sp³-hybridized carbons (Fsp3) is 0.412. The molecule has 0 aliphatic rings. The number of carbonyl (C=O) groups is 1. The molecule has 0 aliphatic carbocycles. The summed E-state index contributed by atoms with van der Waals surface area (Å²) in [7, 11) is 0. The van der Waals surface area contributed by atoms with Crippen LogP contribution in [0.3, 0.4) is 0 Å². The Bertz CT molecular complexity index is 599. The number of hydrogen-bond donors (Lipinski definition) is 2. The highest BCUT2D eigenvalue weighted by atomic mass is 16.1. The largest absolute Gasteiger partial charge is 0.347 e. The first kappa shape index (κ1) is 15.3. The lowest BCUT2D eigenvalue weighted by Gasteiger charge is -2.30. The summed E-state index contributed by atoms with van der Waals surface area (Å²) < 4.78 is 0. The molecule has 112 valence electrons. The third kappa shape index (κ3) is 3.32. The molecule has 0 unspecified atom stereocenters. The molecule has 0 fully saturated rings. The molecule has 1 heterocycles. The number of rotatable bonds is 5. The summed E-state index contributed by atoms with van der Waals surface area (Å²) in [6.45, 7) is 8.01. The van der Waals surface area contributed by atoms with Crippen LogP contribution in [0.4, 0.5) is 0 Å². The van der Waals surface area contributed by atoms with Crippen molar-refractivity contribution in [2.75, 3.05) is 0 Å². The van der Waals surface area contributed by atoms with Crippen molar-refractivity contribution in [3.63, 3.8) is 0 Å². The maximum absolute atomic E-state index is 12.4. The van der Waals surface area contributed by atoms with Crippen LogP contribution in [-0.4, -0.2) is 16.1 Å². The molecule has 0 radical (unpaired) electrons. The molecule has 21 heavy (non-hydrogen) atoms. The van der Waals surface area contributed by atoms with Crippen molar-refractivity contribution in [2.24, 2.45) is 0 Å². The first-order valence-electron chi connectivity index (χ1n) is 7.33. The molecule has 1 aromatic heterocycles. The van der Waals surface area contributed by atoms with Gasteiger partial charge in [-0.2, -0.15) is 5.10 Å². The Balaban J connectivity index is 2.14. The van der Waals surface area contributed by atoms with E-state index in [2.05, 4.69) is 41.5 Å². The van der Waals surface area contributed by atoms with Gasteiger partial charge in [0, 0.05) is 11.3 Å². The van der Waals surface area contributed by atoms with Gasteiger partial charge in [-0.15, -0.1) is 0 Å². The minimum Gasteiger partial charge on any atom is -0.347 e. The van der Waals surface area contributed by atoms with Gasteiger partial charge in [0.2, 0.25) is 5.91 Å². The van der Waals surface area contributed by atoms with E-state index in [0.717, 1.165) is 28.9 Å². The van der Waals surface area contributed by atoms with Gasteiger partial charge in [-0.1, -0.05) is 37.3 Å². The number of aromatic amines is 1. The van der Waals surface area contributed by atoms with E-state index in [1.54, 1.807) is 0 Å². The molecule has 2 aromatic rings. The van der Waals surface area contributed by atoms with Crippen molar-refractivity contribution >= 4 is 5.91 Å². The fourth-order valence-corrected chi connectivity index (χ4v) is 2.52. The second-order valence-corrected chi connectivity index (χ2v) is 5.69. The van der Waals surface area contributed by atoms with Crippen LogP contribution in [-0.2, 0) is 16.8 Å². The molecule has 0 saturated heterocycles. The van der Waals surface area contributed by atoms with Crippen LogP contribution in [0.15, 0.2) is 30.3 Å². The van der Waals surface area contributed by atoms with Gasteiger partial charge < -0.3 is 5.32 Å². The lowest BCUT2D eigenvalue weighted by atomic mass is 9.89. The van der Waals surface area contributed by atoms with Gasteiger partial charge in [0.05, 0.1) is 17.7 Å². The standard InChI is InChI=1S/C17H23N3O/c1-5-17(4,14-9-7-6-8-10-14)18-16(21)11-15-12(2)19-20-13(15)3/h6-10H,5,11H2,1-4H3,(H,18,21)(H,19,20)/t17-/m0/s1. The summed E-state index contributed by atoms with van der Waals surface area (Å²) in [5, 5.41) is 10.2. The summed E-state index contributed by atoms with van der Waals surface area (Å²) in [6.07, 6.45) is 1.20. The Morgan fingerprint density at radius 3 is 2.48 bits per heavy atom. The average Bonchev–Trinajstić information content (AvgIpc) is 2.80. The second-order valence-electron chi connectivity index (χ2n) is 5.69. The van der Waals surface area contributed by atoms with Gasteiger partial charge in [-0.25, -0.2) is 0 Å². The number of carbonyl (C=O) groups excluding carboxylic acids is 1. The highest BCUT2D eigenvalue weighted by molar-refractivity contribution is 5.80. The van der Waals surface area contributed by atoms with E-state index >= 15 is 0 Å². The van der Waals surface area contributed by atoms with Crippen molar-refractivity contribution < 1.29 is 4.79 Å². The Labute approximate surface area is 126 Å². The normalized spacial score (nSPS) is 13.7. The monoisotopic (exact) mass is 285 g/mol. The molecule has 2 rings (SSSR count). The number of aryl methyl sites for hydroxylation is 2. The van der Waals surface area contributed by atoms with Gasteiger partial charge in [-0.05, 0) is 32.8 Å². The lowest BCUT2D eigenvalue weighted by Crippen LogP contribution is -2.43. The maximum Gasteiger partial charge on any atom is 0.225 e. The van der Waals surface area contributed by atoms with Gasteiger partial charge in [0.25, 0.3) is 0 Å². The van der Waals surface area contributed by atoms with Crippen LogP contribution in [0, 0.1) is 13.8 Å². The molecule has 0 saturated carbocycles. The Hall–Kier alpha value is -2.10. The summed E-state index contributed by atoms with van der Waals surface area (Å²) in [6, 6.07) is 10.1. The van der Waals surface area contributed by atoms with Crippen molar-refractivity contribution in [3.05, 3.63) is 52.8 Å². The molecule has 1 amide bonds. The molecule has 4 heteroatoms. The predicted octanol–water partition coefficient (Wildman–Crippen LogP) is 3.01. The first-order chi connectivity index (χ1) is 9.96. The van der Waals surface area contributed by atoms with Crippen LogP contribution < -0.4 is 5.32 Å². The molecular weight excluding hydrogens is 262 g/mol. The van der Waals surface area contributed by atoms with Crippen LogP contribution in [0.2, 0.25) is 0 Å². The maximum atomic E-state index is 12.4. The van der Waals surface area contributed by atoms with Crippen LogP contribution in [0.5, 0.6) is 0 Å². The molecule has 0 spiro atoms. The lowest BCUT2D eigenvalue weighted by molar-refractivity contribution is -0.122. The SMILES string of the molecule is CC[C@](C)(NC(=O)Cc1c(C)n[nH]c1C)c1ccccc1. The summed E-state index contributed by atoms with van der Waals surface area (Å²) >= 11 is 0. The van der Waals surface area contributed by atoms with Gasteiger partial charge in [0.1, 0.15) is 0 Å². The van der Waals surface area contributed by atoms with Crippen molar-refractivity contribution in [3.8, 4) is 0 Å². The molecule has 0 bridgehead atoms. The van der Waals surface area contributed by atoms with Gasteiger partial charge in [0.15, 0.2) is 0 Å². The average molecular weight is 285 g/mol. The third-order valence-corrected chi connectivity index (χ3v) is 4.15. The van der Waals surface area contributed by atoms with E-state index in [9.17, 15) is 4.79 Å². The second kappa shape index (κ2) is 6.12. The number of amides is 1. The zero-order valence-corrected chi connectivity index (χ0v) is 13.2. The first-order valence-corrected chi connectivity index (χ1v) is 7.33. The van der Waals surface area contributed by atoms with Gasteiger partial charge >= 0.3 is 0 Å². The quantitative estimate of drug-likeness (QED) is 0.887. The highest BCUT2D eigenvalue weighted by Gasteiger charge is 2.26. The van der Waals surface area contributed by atoms with Crippen LogP contribution in [0.1, 0.15) is 42.8 Å². The number of hydrogen-bond acceptors (Lipinski definition) is 2. The van der Waals surface area contributed by atoms with Crippen molar-refractivity contribution in [2.45, 2.75) is 46.1 Å². The predicted molar refractivity (Wildman–Crippen MR) is 84.0 cm³/mol. The topological polar surface area (TPSA) is 57.8 Å². The molecular formula is C17H23N3O. The third-order valence-electron chi connectivity index (χ3n) is 4.15. The van der Waals surface area contributed by atoms with Crippen LogP contribution >= 0.6 is 0 Å². The summed E-state index contributed by atoms with van der Waals surface area (Å²) in [5.74, 6) is 0.0239. The number of benzene rings is 1. The minimum absolute atomic E-state index is 0.0239. The van der Waals surface area contributed by atoms with E-state index in [4.69, 9.17) is 0 Å². The van der Waals surface area contributed by atoms with Crippen LogP contribution in [0.25, 0.3) is 0 Å². The fourth-order valence-electron chi connectivity index (χ4n) is 2.52. The molecule has 4 nitrogen and oxygen atoms in total. The smallest absolute Gasteiger partial charge is 0.225 e. The van der Waals surface area contributed by atoms with E-state index in [0.29, 0.717) is 6.42 Å². The molecule has 1 atom stereocenters. The molecule has 1 aromatic carbocycles. The van der Waals surface area contributed by atoms with E-state index in [1.807, 2.05) is 32.0 Å². The summed E-state index contributed by atoms with van der Waals surface area (Å²) in [4.78, 5) is 12.4. The van der Waals surface area contributed by atoms with Crippen molar-refractivity contribution in [1.82, 2.24) is 15.5 Å². The van der Waals surface area contributed by atoms with E-state index in [-0.39, 0.29) is 11.4 Å². The number of nitrogens with one attached hydrogen (secondary N) is 2. The zero-order chi connectivity index (χ0) is 15.5. The van der Waals surface area contributed by atoms with E-state index < -0.39 is 0 Å². The number of nitrogens with zero attached hydrogens (tertiary/aromatic N) is 1. The Morgan fingerprint density at radius 2 is 1.95 bits per heavy atom. The van der Waals surface area contributed by atoms with E-state index in [1.165, 1.54) is 0 Å². The highest BCUT2D eigenvalue weighted by Crippen LogP contribution is 2.24. The summed E-state index contributed by atoms with van der Waals surface area (Å²) in [5.41, 5.74) is 3.62. The molecule has 2 N–H and O–H groups in total. The zero-order valence-electron chi connectivity index (χ0n) is 13.2. The van der Waals surface area contributed by atoms with Gasteiger partial charge in [-0.3, -0.25) is 9.89 Å². The molecule has 0 aliphatic heterocycles. The number of aromatic nitrogens is 2. The van der Waals surface area contributed by atoms with Crippen molar-refractivity contribution in [1.29, 1.82) is 0 Å².